The van der Waals surface area contributed by atoms with Crippen LogP contribution in [0.1, 0.15) is 19.5 Å². The van der Waals surface area contributed by atoms with E-state index in [2.05, 4.69) is 4.98 Å². The summed E-state index contributed by atoms with van der Waals surface area (Å²) in [4.78, 5) is 18.4. The molecular weight excluding hydrogens is 381 g/mol. The van der Waals surface area contributed by atoms with Gasteiger partial charge in [-0.15, -0.1) is 36.2 Å². The number of hydrogen-bond donors (Lipinski definition) is 1. The number of ether oxygens (including phenoxy) is 1. The third kappa shape index (κ3) is 6.47. The molecule has 0 spiro atoms. The van der Waals surface area contributed by atoms with Gasteiger partial charge in [-0.2, -0.15) is 0 Å². The van der Waals surface area contributed by atoms with Crippen molar-refractivity contribution in [3.05, 3.63) is 35.3 Å². The number of amides is 1. The summed E-state index contributed by atoms with van der Waals surface area (Å²) < 4.78 is 5.44. The summed E-state index contributed by atoms with van der Waals surface area (Å²) in [6.45, 7) is 5.00. The lowest BCUT2D eigenvalue weighted by Crippen LogP contribution is -2.40. The number of rotatable bonds is 7. The number of aromatic nitrogens is 1. The Kier molecular flexibility index (Phi) is 10.7. The molecule has 0 radical (unpaired) electrons. The zero-order valence-corrected chi connectivity index (χ0v) is 17.0. The molecule has 2 N–H and O–H groups in total. The second-order valence-corrected chi connectivity index (χ2v) is 6.23. The number of benzene rings is 1. The van der Waals surface area contributed by atoms with Crippen molar-refractivity contribution in [2.45, 2.75) is 26.3 Å². The fourth-order valence-electron chi connectivity index (χ4n) is 2.06. The van der Waals surface area contributed by atoms with Crippen LogP contribution in [0.25, 0.3) is 10.6 Å². The van der Waals surface area contributed by atoms with Crippen molar-refractivity contribution in [2.75, 3.05) is 20.2 Å². The maximum Gasteiger partial charge on any atom is 0.228 e. The molecule has 1 heterocycles. The summed E-state index contributed by atoms with van der Waals surface area (Å²) in [7, 11) is 1.78. The van der Waals surface area contributed by atoms with E-state index in [0.717, 1.165) is 22.0 Å². The van der Waals surface area contributed by atoms with E-state index in [1.165, 1.54) is 0 Å². The van der Waals surface area contributed by atoms with Gasteiger partial charge < -0.3 is 15.4 Å². The Bertz CT molecular complexity index is 650. The number of carbonyl (C=O) groups excluding carboxylic acids is 1. The summed E-state index contributed by atoms with van der Waals surface area (Å²) in [5.74, 6) is 0.882. The van der Waals surface area contributed by atoms with Crippen LogP contribution in [0, 0.1) is 0 Å². The normalized spacial score (nSPS) is 11.0. The minimum Gasteiger partial charge on any atom is -0.494 e. The summed E-state index contributed by atoms with van der Waals surface area (Å²) in [6.07, 6.45) is 0.300. The largest absolute Gasteiger partial charge is 0.494 e. The Morgan fingerprint density at radius 1 is 1.32 bits per heavy atom. The molecule has 1 unspecified atom stereocenters. The first-order chi connectivity index (χ1) is 11.0. The molecule has 0 saturated carbocycles. The Balaban J connectivity index is 0.00000288. The molecule has 0 saturated heterocycles. The quantitative estimate of drug-likeness (QED) is 0.765. The van der Waals surface area contributed by atoms with Gasteiger partial charge in [-0.3, -0.25) is 4.79 Å². The number of carbonyl (C=O) groups is 1. The van der Waals surface area contributed by atoms with Crippen LogP contribution in [-0.4, -0.2) is 42.0 Å². The highest BCUT2D eigenvalue weighted by Crippen LogP contribution is 2.26. The number of thiazole rings is 1. The predicted molar refractivity (Wildman–Crippen MR) is 108 cm³/mol. The van der Waals surface area contributed by atoms with Crippen molar-refractivity contribution >= 4 is 42.1 Å². The van der Waals surface area contributed by atoms with Crippen molar-refractivity contribution in [1.29, 1.82) is 0 Å². The number of likely N-dealkylation sites (N-methyl/N-ethyl adjacent to an activating group) is 1. The van der Waals surface area contributed by atoms with Crippen molar-refractivity contribution in [2.24, 2.45) is 5.73 Å². The van der Waals surface area contributed by atoms with E-state index in [-0.39, 0.29) is 36.8 Å². The fourth-order valence-corrected chi connectivity index (χ4v) is 2.89. The Morgan fingerprint density at radius 3 is 2.52 bits per heavy atom. The van der Waals surface area contributed by atoms with Gasteiger partial charge in [0.05, 0.1) is 18.7 Å². The lowest BCUT2D eigenvalue weighted by molar-refractivity contribution is -0.130. The first-order valence-electron chi connectivity index (χ1n) is 7.68. The third-order valence-corrected chi connectivity index (χ3v) is 4.63. The molecule has 0 aliphatic rings. The van der Waals surface area contributed by atoms with Gasteiger partial charge in [0, 0.05) is 30.6 Å². The molecular formula is C17H25Cl2N3O2S. The Hall–Kier alpha value is -1.34. The number of halogens is 2. The molecule has 2 aromatic rings. The number of nitrogens with zero attached hydrogens (tertiary/aromatic N) is 2. The SMILES string of the molecule is CCOc1ccc(-c2nc(CC(=O)N(C)C(C)CN)cs2)cc1.Cl.Cl. The molecule has 1 aromatic carbocycles. The van der Waals surface area contributed by atoms with Gasteiger partial charge in [-0.25, -0.2) is 4.98 Å². The van der Waals surface area contributed by atoms with E-state index in [1.807, 2.05) is 43.5 Å². The van der Waals surface area contributed by atoms with Gasteiger partial charge in [0.2, 0.25) is 5.91 Å². The molecule has 140 valence electrons. The first kappa shape index (κ1) is 23.7. The second kappa shape index (κ2) is 11.3. The van der Waals surface area contributed by atoms with E-state index in [4.69, 9.17) is 10.5 Å². The summed E-state index contributed by atoms with van der Waals surface area (Å²) in [5, 5.41) is 2.84. The highest BCUT2D eigenvalue weighted by Gasteiger charge is 2.16. The van der Waals surface area contributed by atoms with Gasteiger partial charge in [-0.05, 0) is 38.1 Å². The van der Waals surface area contributed by atoms with Crippen molar-refractivity contribution in [1.82, 2.24) is 9.88 Å². The summed E-state index contributed by atoms with van der Waals surface area (Å²) in [5.41, 5.74) is 7.42. The van der Waals surface area contributed by atoms with Crippen molar-refractivity contribution in [3.8, 4) is 16.3 Å². The molecule has 1 amide bonds. The maximum atomic E-state index is 12.2. The van der Waals surface area contributed by atoms with E-state index >= 15 is 0 Å². The third-order valence-electron chi connectivity index (χ3n) is 3.69. The maximum absolute atomic E-state index is 12.2. The molecule has 0 aliphatic heterocycles. The first-order valence-corrected chi connectivity index (χ1v) is 8.56. The molecule has 0 fully saturated rings. The molecule has 25 heavy (non-hydrogen) atoms. The number of nitrogens with two attached hydrogens (primary N) is 1. The molecule has 1 atom stereocenters. The van der Waals surface area contributed by atoms with Crippen LogP contribution in [0.15, 0.2) is 29.6 Å². The van der Waals surface area contributed by atoms with Crippen LogP contribution < -0.4 is 10.5 Å². The average molecular weight is 406 g/mol. The van der Waals surface area contributed by atoms with Gasteiger partial charge in [0.25, 0.3) is 0 Å². The van der Waals surface area contributed by atoms with Gasteiger partial charge >= 0.3 is 0 Å². The zero-order valence-electron chi connectivity index (χ0n) is 14.6. The van der Waals surface area contributed by atoms with Crippen LogP contribution in [0.5, 0.6) is 5.75 Å². The van der Waals surface area contributed by atoms with Crippen LogP contribution in [0.2, 0.25) is 0 Å². The Labute approximate surface area is 165 Å². The van der Waals surface area contributed by atoms with Gasteiger partial charge in [-0.1, -0.05) is 0 Å². The summed E-state index contributed by atoms with van der Waals surface area (Å²) in [6, 6.07) is 7.87. The molecule has 0 aliphatic carbocycles. The second-order valence-electron chi connectivity index (χ2n) is 5.37. The van der Waals surface area contributed by atoms with Crippen LogP contribution in [0.4, 0.5) is 0 Å². The van der Waals surface area contributed by atoms with E-state index in [0.29, 0.717) is 19.6 Å². The smallest absolute Gasteiger partial charge is 0.228 e. The predicted octanol–water partition coefficient (Wildman–Crippen LogP) is 3.40. The number of hydrogen-bond acceptors (Lipinski definition) is 5. The van der Waals surface area contributed by atoms with Crippen LogP contribution in [-0.2, 0) is 11.2 Å². The topological polar surface area (TPSA) is 68.5 Å². The minimum absolute atomic E-state index is 0. The zero-order chi connectivity index (χ0) is 16.8. The summed E-state index contributed by atoms with van der Waals surface area (Å²) >= 11 is 1.54. The van der Waals surface area contributed by atoms with Crippen LogP contribution >= 0.6 is 36.2 Å². The van der Waals surface area contributed by atoms with Crippen molar-refractivity contribution in [3.63, 3.8) is 0 Å². The average Bonchev–Trinajstić information content (AvgIpc) is 3.02. The van der Waals surface area contributed by atoms with E-state index in [1.54, 1.807) is 23.3 Å². The lowest BCUT2D eigenvalue weighted by atomic mass is 10.2. The van der Waals surface area contributed by atoms with Gasteiger partial charge in [0.1, 0.15) is 10.8 Å². The highest BCUT2D eigenvalue weighted by molar-refractivity contribution is 7.13. The van der Waals surface area contributed by atoms with Crippen LogP contribution in [0.3, 0.4) is 0 Å². The monoisotopic (exact) mass is 405 g/mol. The van der Waals surface area contributed by atoms with Gasteiger partial charge in [0.15, 0.2) is 0 Å². The minimum atomic E-state index is 0. The molecule has 1 aromatic heterocycles. The van der Waals surface area contributed by atoms with Crippen molar-refractivity contribution < 1.29 is 9.53 Å². The molecule has 2 rings (SSSR count). The molecule has 5 nitrogen and oxygen atoms in total. The highest BCUT2D eigenvalue weighted by atomic mass is 35.5. The van der Waals surface area contributed by atoms with E-state index in [9.17, 15) is 4.79 Å². The Morgan fingerprint density at radius 2 is 1.96 bits per heavy atom. The standard InChI is InChI=1S/C17H23N3O2S.2ClH/c1-4-22-15-7-5-13(6-8-15)17-19-14(11-23-17)9-16(21)20(3)12(2)10-18;;/h5-8,11-12H,4,9-10,18H2,1-3H3;2*1H. The molecule has 0 bridgehead atoms. The molecule has 8 heteroatoms. The lowest BCUT2D eigenvalue weighted by Gasteiger charge is -2.23. The fraction of sp³-hybridized carbons (Fsp3) is 0.412. The van der Waals surface area contributed by atoms with E-state index < -0.39 is 0 Å².